The SMILES string of the molecule is COc1ccc(Oc2ccc(N3C(=S)N[C@H](c4ccccn4)[C@H]3c3cc(C)n(-c4ccccc4)c3C)cc2)cc1. The Morgan fingerprint density at radius 2 is 1.43 bits per heavy atom. The molecule has 200 valence electrons. The van der Waals surface area contributed by atoms with Crippen LogP contribution in [-0.4, -0.2) is 21.8 Å². The molecule has 0 saturated carbocycles. The molecule has 0 unspecified atom stereocenters. The van der Waals surface area contributed by atoms with Crippen LogP contribution in [-0.2, 0) is 0 Å². The zero-order valence-corrected chi connectivity index (χ0v) is 23.4. The zero-order chi connectivity index (χ0) is 27.6. The van der Waals surface area contributed by atoms with E-state index in [2.05, 4.69) is 77.2 Å². The van der Waals surface area contributed by atoms with Crippen molar-refractivity contribution in [3.63, 3.8) is 0 Å². The maximum Gasteiger partial charge on any atom is 0.174 e. The van der Waals surface area contributed by atoms with Crippen molar-refractivity contribution < 1.29 is 9.47 Å². The lowest BCUT2D eigenvalue weighted by molar-refractivity contribution is 0.413. The monoisotopic (exact) mass is 546 g/mol. The van der Waals surface area contributed by atoms with Gasteiger partial charge >= 0.3 is 0 Å². The van der Waals surface area contributed by atoms with Crippen LogP contribution in [0.2, 0.25) is 0 Å². The maximum atomic E-state index is 6.08. The van der Waals surface area contributed by atoms with Gasteiger partial charge in [0.15, 0.2) is 5.11 Å². The molecule has 0 bridgehead atoms. The van der Waals surface area contributed by atoms with E-state index in [1.807, 2.05) is 60.8 Å². The van der Waals surface area contributed by atoms with Gasteiger partial charge in [0, 0.05) is 29.0 Å². The number of hydrogen-bond donors (Lipinski definition) is 1. The quantitative estimate of drug-likeness (QED) is 0.214. The molecule has 1 aliphatic rings. The van der Waals surface area contributed by atoms with E-state index >= 15 is 0 Å². The van der Waals surface area contributed by atoms with Crippen LogP contribution in [0.5, 0.6) is 17.2 Å². The van der Waals surface area contributed by atoms with Gasteiger partial charge in [0.1, 0.15) is 17.2 Å². The average Bonchev–Trinajstić information content (AvgIpc) is 3.49. The Morgan fingerprint density at radius 1 is 0.775 bits per heavy atom. The molecule has 5 aromatic rings. The Hall–Kier alpha value is -4.62. The topological polar surface area (TPSA) is 51.6 Å². The summed E-state index contributed by atoms with van der Waals surface area (Å²) in [6.07, 6.45) is 1.83. The van der Waals surface area contributed by atoms with E-state index in [1.54, 1.807) is 7.11 Å². The number of rotatable bonds is 7. The van der Waals surface area contributed by atoms with Crippen LogP contribution in [0.4, 0.5) is 5.69 Å². The number of ether oxygens (including phenoxy) is 2. The summed E-state index contributed by atoms with van der Waals surface area (Å²) in [6.45, 7) is 4.33. The Kier molecular flexibility index (Phi) is 6.97. The third-order valence-corrected chi connectivity index (χ3v) is 7.63. The van der Waals surface area contributed by atoms with Gasteiger partial charge in [0.2, 0.25) is 0 Å². The van der Waals surface area contributed by atoms with Crippen molar-refractivity contribution in [1.82, 2.24) is 14.9 Å². The fourth-order valence-electron chi connectivity index (χ4n) is 5.47. The molecular formula is C33H30N4O2S. The lowest BCUT2D eigenvalue weighted by Gasteiger charge is -2.28. The second kappa shape index (κ2) is 10.9. The lowest BCUT2D eigenvalue weighted by Crippen LogP contribution is -2.29. The summed E-state index contributed by atoms with van der Waals surface area (Å²) in [5.74, 6) is 2.28. The zero-order valence-electron chi connectivity index (χ0n) is 22.6. The molecule has 2 aromatic heterocycles. The summed E-state index contributed by atoms with van der Waals surface area (Å²) < 4.78 is 13.6. The Morgan fingerprint density at radius 3 is 2.08 bits per heavy atom. The highest BCUT2D eigenvalue weighted by atomic mass is 32.1. The molecule has 7 heteroatoms. The van der Waals surface area contributed by atoms with Crippen LogP contribution in [0.25, 0.3) is 5.69 Å². The molecule has 6 nitrogen and oxygen atoms in total. The van der Waals surface area contributed by atoms with Gasteiger partial charge < -0.3 is 24.3 Å². The number of aryl methyl sites for hydroxylation is 1. The fourth-order valence-corrected chi connectivity index (χ4v) is 5.81. The van der Waals surface area contributed by atoms with E-state index in [1.165, 1.54) is 17.0 Å². The third-order valence-electron chi connectivity index (χ3n) is 7.31. The van der Waals surface area contributed by atoms with Crippen LogP contribution in [0.3, 0.4) is 0 Å². The summed E-state index contributed by atoms with van der Waals surface area (Å²) in [6, 6.07) is 34.1. The van der Waals surface area contributed by atoms with Crippen LogP contribution >= 0.6 is 12.2 Å². The Labute approximate surface area is 239 Å². The summed E-state index contributed by atoms with van der Waals surface area (Å²) in [4.78, 5) is 6.90. The first-order valence-corrected chi connectivity index (χ1v) is 13.6. The van der Waals surface area contributed by atoms with E-state index in [-0.39, 0.29) is 12.1 Å². The maximum absolute atomic E-state index is 6.08. The van der Waals surface area contributed by atoms with E-state index in [9.17, 15) is 0 Å². The molecular weight excluding hydrogens is 516 g/mol. The van der Waals surface area contributed by atoms with Gasteiger partial charge in [-0.25, -0.2) is 0 Å². The molecule has 0 amide bonds. The van der Waals surface area contributed by atoms with E-state index in [0.29, 0.717) is 5.11 Å². The first-order valence-electron chi connectivity index (χ1n) is 13.2. The van der Waals surface area contributed by atoms with E-state index in [4.69, 9.17) is 26.7 Å². The fraction of sp³-hybridized carbons (Fsp3) is 0.152. The summed E-state index contributed by atoms with van der Waals surface area (Å²) in [5.41, 5.74) is 6.60. The Balaban J connectivity index is 1.38. The second-order valence-corrected chi connectivity index (χ2v) is 10.2. The molecule has 1 aliphatic heterocycles. The number of anilines is 1. The molecule has 3 heterocycles. The minimum atomic E-state index is -0.117. The number of pyridine rings is 1. The van der Waals surface area contributed by atoms with Gasteiger partial charge in [-0.15, -0.1) is 0 Å². The van der Waals surface area contributed by atoms with Crippen molar-refractivity contribution in [3.05, 3.63) is 132 Å². The predicted octanol–water partition coefficient (Wildman–Crippen LogP) is 7.47. The second-order valence-electron chi connectivity index (χ2n) is 9.77. The number of para-hydroxylation sites is 1. The van der Waals surface area contributed by atoms with Gasteiger partial charge in [-0.2, -0.15) is 0 Å². The number of benzene rings is 3. The van der Waals surface area contributed by atoms with Gasteiger partial charge in [-0.1, -0.05) is 24.3 Å². The number of hydrogen-bond acceptors (Lipinski definition) is 4. The summed E-state index contributed by atoms with van der Waals surface area (Å²) in [5, 5.41) is 4.23. The van der Waals surface area contributed by atoms with Crippen LogP contribution in [0, 0.1) is 13.8 Å². The van der Waals surface area contributed by atoms with E-state index < -0.39 is 0 Å². The minimum Gasteiger partial charge on any atom is -0.497 e. The summed E-state index contributed by atoms with van der Waals surface area (Å²) in [7, 11) is 1.65. The number of methoxy groups -OCH3 is 1. The van der Waals surface area contributed by atoms with Crippen molar-refractivity contribution in [2.45, 2.75) is 25.9 Å². The van der Waals surface area contributed by atoms with Crippen molar-refractivity contribution in [3.8, 4) is 22.9 Å². The van der Waals surface area contributed by atoms with Gasteiger partial charge in [-0.05, 0) is 110 Å². The normalized spacial score (nSPS) is 16.6. The number of thiocarbonyl (C=S) groups is 1. The molecule has 3 aromatic carbocycles. The first-order chi connectivity index (χ1) is 19.5. The van der Waals surface area contributed by atoms with Gasteiger partial charge in [-0.3, -0.25) is 4.98 Å². The van der Waals surface area contributed by atoms with Gasteiger partial charge in [0.25, 0.3) is 0 Å². The van der Waals surface area contributed by atoms with Crippen molar-refractivity contribution in [2.24, 2.45) is 0 Å². The largest absolute Gasteiger partial charge is 0.497 e. The molecule has 6 rings (SSSR count). The highest BCUT2D eigenvalue weighted by molar-refractivity contribution is 7.80. The van der Waals surface area contributed by atoms with E-state index in [0.717, 1.165) is 34.3 Å². The van der Waals surface area contributed by atoms with Crippen molar-refractivity contribution in [1.29, 1.82) is 0 Å². The first kappa shape index (κ1) is 25.6. The average molecular weight is 547 g/mol. The standard InChI is InChI=1S/C33H30N4O2S/c1-22-21-29(23(2)36(22)24-9-5-4-6-10-24)32-31(30-11-7-8-20-34-30)35-33(40)37(32)25-12-14-27(15-13-25)39-28-18-16-26(38-3)17-19-28/h4-21,31-32H,1-3H3,(H,35,40)/t31-,32-/m1/s1. The van der Waals surface area contributed by atoms with Crippen LogP contribution in [0.15, 0.2) is 109 Å². The minimum absolute atomic E-state index is 0.0978. The summed E-state index contributed by atoms with van der Waals surface area (Å²) >= 11 is 5.95. The third kappa shape index (κ3) is 4.80. The molecule has 0 spiro atoms. The van der Waals surface area contributed by atoms with Gasteiger partial charge in [0.05, 0.1) is 24.9 Å². The predicted molar refractivity (Wildman–Crippen MR) is 163 cm³/mol. The Bertz CT molecular complexity index is 1620. The number of nitrogens with zero attached hydrogens (tertiary/aromatic N) is 3. The number of nitrogens with one attached hydrogen (secondary N) is 1. The molecule has 1 N–H and O–H groups in total. The smallest absolute Gasteiger partial charge is 0.174 e. The van der Waals surface area contributed by atoms with Crippen LogP contribution < -0.4 is 19.7 Å². The molecule has 40 heavy (non-hydrogen) atoms. The molecule has 1 saturated heterocycles. The molecule has 2 atom stereocenters. The molecule has 1 fully saturated rings. The van der Waals surface area contributed by atoms with Crippen molar-refractivity contribution >= 4 is 23.0 Å². The highest BCUT2D eigenvalue weighted by Gasteiger charge is 2.42. The molecule has 0 aliphatic carbocycles. The van der Waals surface area contributed by atoms with Crippen molar-refractivity contribution in [2.75, 3.05) is 12.0 Å². The highest BCUT2D eigenvalue weighted by Crippen LogP contribution is 2.44. The lowest BCUT2D eigenvalue weighted by atomic mass is 9.96. The number of aromatic nitrogens is 2. The molecule has 0 radical (unpaired) electrons. The van der Waals surface area contributed by atoms with Crippen LogP contribution in [0.1, 0.15) is 34.7 Å².